The second-order valence-corrected chi connectivity index (χ2v) is 5.77. The van der Waals surface area contributed by atoms with E-state index >= 15 is 0 Å². The van der Waals surface area contributed by atoms with Crippen LogP contribution < -0.4 is 0 Å². The summed E-state index contributed by atoms with van der Waals surface area (Å²) in [7, 11) is 0. The molecular formula is C14H16O5. The molecule has 0 amide bonds. The summed E-state index contributed by atoms with van der Waals surface area (Å²) < 4.78 is 17.2. The highest BCUT2D eigenvalue weighted by molar-refractivity contribution is 6.00. The van der Waals surface area contributed by atoms with Crippen LogP contribution in [0.1, 0.15) is 32.6 Å². The van der Waals surface area contributed by atoms with Gasteiger partial charge in [-0.1, -0.05) is 0 Å². The van der Waals surface area contributed by atoms with Crippen molar-refractivity contribution in [1.29, 1.82) is 0 Å². The van der Waals surface area contributed by atoms with Gasteiger partial charge in [0.2, 0.25) is 5.79 Å². The summed E-state index contributed by atoms with van der Waals surface area (Å²) in [6.07, 6.45) is 2.41. The molecule has 0 aromatic heterocycles. The molecule has 0 saturated carbocycles. The zero-order valence-electron chi connectivity index (χ0n) is 10.8. The van der Waals surface area contributed by atoms with Gasteiger partial charge in [0.1, 0.15) is 17.8 Å². The van der Waals surface area contributed by atoms with Crippen molar-refractivity contribution in [1.82, 2.24) is 0 Å². The van der Waals surface area contributed by atoms with Crippen LogP contribution in [0, 0.1) is 11.8 Å². The van der Waals surface area contributed by atoms with E-state index in [0.717, 1.165) is 12.2 Å². The Balaban J connectivity index is 1.86. The summed E-state index contributed by atoms with van der Waals surface area (Å²) in [5, 5.41) is 0. The van der Waals surface area contributed by atoms with Gasteiger partial charge in [0.05, 0.1) is 6.61 Å². The predicted molar refractivity (Wildman–Crippen MR) is 62.8 cm³/mol. The van der Waals surface area contributed by atoms with E-state index in [0.29, 0.717) is 31.4 Å². The van der Waals surface area contributed by atoms with Crippen LogP contribution in [0.15, 0.2) is 11.3 Å². The zero-order chi connectivity index (χ0) is 13.2. The van der Waals surface area contributed by atoms with Crippen molar-refractivity contribution in [3.63, 3.8) is 0 Å². The molecule has 0 unspecified atom stereocenters. The largest absolute Gasteiger partial charge is 0.465 e. The first-order chi connectivity index (χ1) is 9.12. The average molecular weight is 264 g/mol. The van der Waals surface area contributed by atoms with Crippen LogP contribution in [0.2, 0.25) is 0 Å². The number of carbonyl (C=O) groups excluding carboxylic acids is 2. The van der Waals surface area contributed by atoms with Gasteiger partial charge in [0.25, 0.3) is 0 Å². The van der Waals surface area contributed by atoms with Crippen molar-refractivity contribution in [2.75, 3.05) is 6.61 Å². The predicted octanol–water partition coefficient (Wildman–Crippen LogP) is 1.32. The van der Waals surface area contributed by atoms with Crippen LogP contribution >= 0.6 is 0 Å². The van der Waals surface area contributed by atoms with Gasteiger partial charge in [-0.3, -0.25) is 9.59 Å². The molecule has 0 bridgehead atoms. The number of hydrogen-bond acceptors (Lipinski definition) is 5. The van der Waals surface area contributed by atoms with Gasteiger partial charge in [-0.2, -0.15) is 0 Å². The van der Waals surface area contributed by atoms with Gasteiger partial charge >= 0.3 is 5.97 Å². The van der Waals surface area contributed by atoms with Gasteiger partial charge < -0.3 is 14.2 Å². The maximum Gasteiger partial charge on any atom is 0.316 e. The number of cyclic esters (lactones) is 1. The van der Waals surface area contributed by atoms with Crippen molar-refractivity contribution in [2.24, 2.45) is 11.8 Å². The van der Waals surface area contributed by atoms with Crippen LogP contribution in [0.3, 0.4) is 0 Å². The molecule has 1 spiro atoms. The molecule has 4 rings (SSSR count). The minimum absolute atomic E-state index is 0.1000. The lowest BCUT2D eigenvalue weighted by Gasteiger charge is -2.40. The fourth-order valence-corrected chi connectivity index (χ4v) is 3.97. The minimum atomic E-state index is -0.879. The Morgan fingerprint density at radius 2 is 2.11 bits per heavy atom. The minimum Gasteiger partial charge on any atom is -0.465 e. The molecule has 19 heavy (non-hydrogen) atoms. The summed E-state index contributed by atoms with van der Waals surface area (Å²) in [6, 6.07) is 0. The number of carbonyl (C=O) groups is 2. The van der Waals surface area contributed by atoms with Crippen LogP contribution in [0.25, 0.3) is 0 Å². The molecule has 3 aliphatic heterocycles. The van der Waals surface area contributed by atoms with Crippen molar-refractivity contribution in [3.05, 3.63) is 11.3 Å². The molecule has 5 heteroatoms. The van der Waals surface area contributed by atoms with E-state index in [1.54, 1.807) is 0 Å². The molecule has 0 radical (unpaired) electrons. The quantitative estimate of drug-likeness (QED) is 0.617. The van der Waals surface area contributed by atoms with Crippen LogP contribution in [-0.4, -0.2) is 30.3 Å². The van der Waals surface area contributed by atoms with Crippen molar-refractivity contribution < 1.29 is 23.8 Å². The standard InChI is InChI=1S/C14H16O5/c1-7-10-11-8(15)3-4-9(11)19-14(5-2-6-17-14)12(10)13(16)18-7/h7,10,12H,2-6H2,1H3/t7-,10+,12-,14+/m1/s1. The highest BCUT2D eigenvalue weighted by atomic mass is 16.7. The first-order valence-corrected chi connectivity index (χ1v) is 6.92. The van der Waals surface area contributed by atoms with Crippen LogP contribution in [0.4, 0.5) is 0 Å². The van der Waals surface area contributed by atoms with E-state index in [-0.39, 0.29) is 23.8 Å². The van der Waals surface area contributed by atoms with Gasteiger partial charge in [0.15, 0.2) is 5.78 Å². The van der Waals surface area contributed by atoms with Gasteiger partial charge in [-0.15, -0.1) is 0 Å². The third-order valence-electron chi connectivity index (χ3n) is 4.72. The Labute approximate surface area is 110 Å². The van der Waals surface area contributed by atoms with E-state index in [1.807, 2.05) is 6.92 Å². The SMILES string of the molecule is C[C@H]1OC(=O)[C@H]2[C@@H]1C1=C(CCC1=O)O[C@@]21CCCO1. The molecule has 5 nitrogen and oxygen atoms in total. The topological polar surface area (TPSA) is 61.8 Å². The third-order valence-corrected chi connectivity index (χ3v) is 4.72. The summed E-state index contributed by atoms with van der Waals surface area (Å²) in [5.74, 6) is -1.00. The first-order valence-electron chi connectivity index (χ1n) is 6.92. The molecule has 0 aromatic rings. The number of fused-ring (bicyclic) bond motifs is 3. The Hall–Kier alpha value is -1.36. The molecular weight excluding hydrogens is 248 g/mol. The van der Waals surface area contributed by atoms with E-state index in [9.17, 15) is 9.59 Å². The lowest BCUT2D eigenvalue weighted by atomic mass is 9.76. The van der Waals surface area contributed by atoms with Gasteiger partial charge in [-0.25, -0.2) is 0 Å². The fraction of sp³-hybridized carbons (Fsp3) is 0.714. The summed E-state index contributed by atoms with van der Waals surface area (Å²) >= 11 is 0. The van der Waals surface area contributed by atoms with Crippen molar-refractivity contribution in [2.45, 2.75) is 44.5 Å². The number of ketones is 1. The van der Waals surface area contributed by atoms with Gasteiger partial charge in [-0.05, 0) is 13.3 Å². The summed E-state index contributed by atoms with van der Waals surface area (Å²) in [4.78, 5) is 24.2. The highest BCUT2D eigenvalue weighted by Gasteiger charge is 2.64. The smallest absolute Gasteiger partial charge is 0.316 e. The summed E-state index contributed by atoms with van der Waals surface area (Å²) in [6.45, 7) is 2.45. The number of allylic oxidation sites excluding steroid dienone is 1. The number of rotatable bonds is 0. The van der Waals surface area contributed by atoms with E-state index in [4.69, 9.17) is 14.2 Å². The maximum absolute atomic E-state index is 12.2. The molecule has 1 aliphatic carbocycles. The number of hydrogen-bond donors (Lipinski definition) is 0. The Bertz CT molecular complexity index is 500. The lowest BCUT2D eigenvalue weighted by Crippen LogP contribution is -2.49. The lowest BCUT2D eigenvalue weighted by molar-refractivity contribution is -0.232. The molecule has 102 valence electrons. The van der Waals surface area contributed by atoms with Crippen LogP contribution in [0.5, 0.6) is 0 Å². The van der Waals surface area contributed by atoms with E-state index in [1.165, 1.54) is 0 Å². The number of ether oxygens (including phenoxy) is 3. The fourth-order valence-electron chi connectivity index (χ4n) is 3.97. The zero-order valence-corrected chi connectivity index (χ0v) is 10.8. The average Bonchev–Trinajstić information content (AvgIpc) is 3.02. The van der Waals surface area contributed by atoms with Crippen molar-refractivity contribution >= 4 is 11.8 Å². The molecule has 0 N–H and O–H groups in total. The normalized spacial score (nSPS) is 44.4. The number of esters is 1. The monoisotopic (exact) mass is 264 g/mol. The molecule has 4 atom stereocenters. The van der Waals surface area contributed by atoms with Crippen molar-refractivity contribution in [3.8, 4) is 0 Å². The van der Waals surface area contributed by atoms with Gasteiger partial charge in [0, 0.05) is 30.8 Å². The Morgan fingerprint density at radius 1 is 1.26 bits per heavy atom. The Kier molecular flexibility index (Phi) is 2.17. The van der Waals surface area contributed by atoms with E-state index in [2.05, 4.69) is 0 Å². The highest BCUT2D eigenvalue weighted by Crippen LogP contribution is 2.54. The Morgan fingerprint density at radius 3 is 2.84 bits per heavy atom. The first kappa shape index (κ1) is 11.5. The summed E-state index contributed by atoms with van der Waals surface area (Å²) in [5.41, 5.74) is 0.685. The second-order valence-electron chi connectivity index (χ2n) is 5.77. The van der Waals surface area contributed by atoms with Crippen LogP contribution in [-0.2, 0) is 23.8 Å². The third kappa shape index (κ3) is 1.34. The molecule has 3 heterocycles. The second kappa shape index (κ2) is 3.60. The maximum atomic E-state index is 12.2. The molecule has 2 saturated heterocycles. The number of Topliss-reactive ketones (excluding diaryl/α,β-unsaturated/α-hetero) is 1. The molecule has 4 aliphatic rings. The van der Waals surface area contributed by atoms with E-state index < -0.39 is 11.7 Å². The molecule has 0 aromatic carbocycles. The molecule has 2 fully saturated rings.